The fraction of sp³-hybridized carbons (Fsp3) is 0.286. The van der Waals surface area contributed by atoms with Gasteiger partial charge in [-0.3, -0.25) is 4.79 Å². The van der Waals surface area contributed by atoms with Crippen molar-refractivity contribution in [1.82, 2.24) is 14.8 Å². The highest BCUT2D eigenvalue weighted by Gasteiger charge is 2.15. The first-order valence-electron chi connectivity index (χ1n) is 9.36. The molecule has 1 aromatic heterocycles. The SMILES string of the molecule is CCn1c(CC(=O)Nc2ccc(OC)cc2)nnc1SCCOc1ccccc1. The Labute approximate surface area is 174 Å². The van der Waals surface area contributed by atoms with Gasteiger partial charge in [0.2, 0.25) is 5.91 Å². The number of nitrogens with zero attached hydrogens (tertiary/aromatic N) is 3. The summed E-state index contributed by atoms with van der Waals surface area (Å²) in [4.78, 5) is 12.4. The molecular formula is C21H24N4O3S. The Morgan fingerprint density at radius 3 is 2.52 bits per heavy atom. The summed E-state index contributed by atoms with van der Waals surface area (Å²) in [6.45, 7) is 3.28. The highest BCUT2D eigenvalue weighted by Crippen LogP contribution is 2.19. The number of para-hydroxylation sites is 1. The van der Waals surface area contributed by atoms with Crippen molar-refractivity contribution in [3.05, 3.63) is 60.4 Å². The summed E-state index contributed by atoms with van der Waals surface area (Å²) in [7, 11) is 1.61. The average molecular weight is 413 g/mol. The maximum atomic E-state index is 12.4. The van der Waals surface area contributed by atoms with E-state index in [0.29, 0.717) is 24.7 Å². The molecule has 2 aromatic carbocycles. The molecule has 7 nitrogen and oxygen atoms in total. The number of rotatable bonds is 10. The molecule has 29 heavy (non-hydrogen) atoms. The molecule has 1 N–H and O–H groups in total. The predicted molar refractivity (Wildman–Crippen MR) is 114 cm³/mol. The number of amides is 1. The summed E-state index contributed by atoms with van der Waals surface area (Å²) in [5.74, 6) is 2.84. The van der Waals surface area contributed by atoms with Crippen LogP contribution >= 0.6 is 11.8 Å². The topological polar surface area (TPSA) is 78.3 Å². The van der Waals surface area contributed by atoms with E-state index < -0.39 is 0 Å². The molecule has 0 saturated carbocycles. The third-order valence-corrected chi connectivity index (χ3v) is 5.06. The Bertz CT molecular complexity index is 913. The molecule has 0 fully saturated rings. The molecule has 3 rings (SSSR count). The lowest BCUT2D eigenvalue weighted by Gasteiger charge is -2.09. The van der Waals surface area contributed by atoms with Gasteiger partial charge in [-0.1, -0.05) is 30.0 Å². The van der Waals surface area contributed by atoms with Gasteiger partial charge in [0.1, 0.15) is 17.3 Å². The van der Waals surface area contributed by atoms with Gasteiger partial charge in [0.15, 0.2) is 5.16 Å². The van der Waals surface area contributed by atoms with E-state index in [-0.39, 0.29) is 12.3 Å². The van der Waals surface area contributed by atoms with Crippen LogP contribution in [0.5, 0.6) is 11.5 Å². The second kappa shape index (κ2) is 10.5. The van der Waals surface area contributed by atoms with Crippen molar-refractivity contribution in [3.63, 3.8) is 0 Å². The molecule has 0 spiro atoms. The standard InChI is InChI=1S/C21H24N4O3S/c1-3-25-19(15-20(26)22-16-9-11-17(27-2)12-10-16)23-24-21(25)29-14-13-28-18-7-5-4-6-8-18/h4-12H,3,13-15H2,1-2H3,(H,22,26). The molecule has 0 aliphatic heterocycles. The quantitative estimate of drug-likeness (QED) is 0.404. The molecule has 0 aliphatic rings. The zero-order valence-corrected chi connectivity index (χ0v) is 17.3. The van der Waals surface area contributed by atoms with Gasteiger partial charge >= 0.3 is 0 Å². The van der Waals surface area contributed by atoms with Crippen molar-refractivity contribution in [1.29, 1.82) is 0 Å². The number of benzene rings is 2. The monoisotopic (exact) mass is 412 g/mol. The number of hydrogen-bond donors (Lipinski definition) is 1. The summed E-state index contributed by atoms with van der Waals surface area (Å²) >= 11 is 1.57. The molecule has 0 atom stereocenters. The van der Waals surface area contributed by atoms with E-state index in [9.17, 15) is 4.79 Å². The van der Waals surface area contributed by atoms with Crippen molar-refractivity contribution < 1.29 is 14.3 Å². The van der Waals surface area contributed by atoms with Crippen molar-refractivity contribution in [2.75, 3.05) is 24.8 Å². The maximum absolute atomic E-state index is 12.4. The largest absolute Gasteiger partial charge is 0.497 e. The van der Waals surface area contributed by atoms with Crippen LogP contribution in [0.25, 0.3) is 0 Å². The van der Waals surface area contributed by atoms with Crippen LogP contribution in [0.3, 0.4) is 0 Å². The van der Waals surface area contributed by atoms with E-state index >= 15 is 0 Å². The minimum absolute atomic E-state index is 0.138. The first-order valence-corrected chi connectivity index (χ1v) is 10.3. The van der Waals surface area contributed by atoms with Gasteiger partial charge in [-0.25, -0.2) is 0 Å². The number of aromatic nitrogens is 3. The Kier molecular flexibility index (Phi) is 7.52. The van der Waals surface area contributed by atoms with Crippen LogP contribution in [0.1, 0.15) is 12.7 Å². The summed E-state index contributed by atoms with van der Waals surface area (Å²) < 4.78 is 12.8. The van der Waals surface area contributed by atoms with E-state index in [4.69, 9.17) is 9.47 Å². The normalized spacial score (nSPS) is 10.6. The maximum Gasteiger partial charge on any atom is 0.232 e. The fourth-order valence-corrected chi connectivity index (χ4v) is 3.54. The average Bonchev–Trinajstić information content (AvgIpc) is 3.13. The molecular weight excluding hydrogens is 388 g/mol. The van der Waals surface area contributed by atoms with Gasteiger partial charge in [0, 0.05) is 18.0 Å². The van der Waals surface area contributed by atoms with Crippen LogP contribution in [-0.2, 0) is 17.8 Å². The first kappa shape index (κ1) is 20.7. The minimum Gasteiger partial charge on any atom is -0.497 e. The third kappa shape index (κ3) is 5.99. The Morgan fingerprint density at radius 2 is 1.83 bits per heavy atom. The molecule has 1 amide bonds. The number of nitrogens with one attached hydrogen (secondary N) is 1. The highest BCUT2D eigenvalue weighted by molar-refractivity contribution is 7.99. The number of ether oxygens (including phenoxy) is 2. The number of methoxy groups -OCH3 is 1. The Morgan fingerprint density at radius 1 is 1.07 bits per heavy atom. The Hall–Kier alpha value is -3.00. The second-order valence-electron chi connectivity index (χ2n) is 6.11. The zero-order valence-electron chi connectivity index (χ0n) is 16.5. The lowest BCUT2D eigenvalue weighted by molar-refractivity contribution is -0.115. The van der Waals surface area contributed by atoms with Crippen LogP contribution < -0.4 is 14.8 Å². The molecule has 152 valence electrons. The zero-order chi connectivity index (χ0) is 20.5. The molecule has 0 aliphatic carbocycles. The van der Waals surface area contributed by atoms with E-state index in [1.54, 1.807) is 43.1 Å². The van der Waals surface area contributed by atoms with Gasteiger partial charge in [0.05, 0.1) is 20.1 Å². The molecule has 0 saturated heterocycles. The minimum atomic E-state index is -0.138. The van der Waals surface area contributed by atoms with Gasteiger partial charge in [-0.05, 0) is 43.3 Å². The van der Waals surface area contributed by atoms with E-state index in [2.05, 4.69) is 15.5 Å². The summed E-state index contributed by atoms with van der Waals surface area (Å²) in [6, 6.07) is 16.9. The van der Waals surface area contributed by atoms with Crippen LogP contribution in [0, 0.1) is 0 Å². The highest BCUT2D eigenvalue weighted by atomic mass is 32.2. The van der Waals surface area contributed by atoms with Gasteiger partial charge in [-0.15, -0.1) is 10.2 Å². The molecule has 0 radical (unpaired) electrons. The van der Waals surface area contributed by atoms with Crippen molar-refractivity contribution in [3.8, 4) is 11.5 Å². The van der Waals surface area contributed by atoms with Gasteiger partial charge in [-0.2, -0.15) is 0 Å². The van der Waals surface area contributed by atoms with Gasteiger partial charge in [0.25, 0.3) is 0 Å². The number of carbonyl (C=O) groups is 1. The van der Waals surface area contributed by atoms with Crippen LogP contribution in [-0.4, -0.2) is 40.1 Å². The Balaban J connectivity index is 1.52. The molecule has 3 aromatic rings. The number of thioether (sulfide) groups is 1. The fourth-order valence-electron chi connectivity index (χ4n) is 2.71. The third-order valence-electron chi connectivity index (χ3n) is 4.13. The second-order valence-corrected chi connectivity index (χ2v) is 7.17. The number of hydrogen-bond acceptors (Lipinski definition) is 6. The summed E-state index contributed by atoms with van der Waals surface area (Å²) in [6.07, 6.45) is 0.161. The molecule has 0 unspecified atom stereocenters. The van der Waals surface area contributed by atoms with Crippen molar-refractivity contribution in [2.45, 2.75) is 25.0 Å². The van der Waals surface area contributed by atoms with E-state index in [1.165, 1.54) is 0 Å². The number of carbonyl (C=O) groups excluding carboxylic acids is 1. The van der Waals surface area contributed by atoms with Crippen molar-refractivity contribution in [2.24, 2.45) is 0 Å². The summed E-state index contributed by atoms with van der Waals surface area (Å²) in [5, 5.41) is 12.1. The smallest absolute Gasteiger partial charge is 0.232 e. The van der Waals surface area contributed by atoms with E-state index in [0.717, 1.165) is 22.4 Å². The lowest BCUT2D eigenvalue weighted by atomic mass is 10.3. The van der Waals surface area contributed by atoms with Crippen LogP contribution in [0.15, 0.2) is 59.8 Å². The molecule has 8 heteroatoms. The lowest BCUT2D eigenvalue weighted by Crippen LogP contribution is -2.17. The first-order chi connectivity index (χ1) is 14.2. The van der Waals surface area contributed by atoms with Crippen LogP contribution in [0.2, 0.25) is 0 Å². The molecule has 1 heterocycles. The predicted octanol–water partition coefficient (Wildman–Crippen LogP) is 3.66. The number of anilines is 1. The van der Waals surface area contributed by atoms with E-state index in [1.807, 2.05) is 41.8 Å². The van der Waals surface area contributed by atoms with Gasteiger partial charge < -0.3 is 19.4 Å². The summed E-state index contributed by atoms with van der Waals surface area (Å²) in [5.41, 5.74) is 0.714. The van der Waals surface area contributed by atoms with Crippen molar-refractivity contribution >= 4 is 23.4 Å². The molecule has 0 bridgehead atoms. The van der Waals surface area contributed by atoms with Crippen LogP contribution in [0.4, 0.5) is 5.69 Å².